The van der Waals surface area contributed by atoms with Gasteiger partial charge in [-0.15, -0.1) is 0 Å². The van der Waals surface area contributed by atoms with E-state index in [0.717, 1.165) is 16.5 Å². The average Bonchev–Trinajstić information content (AvgIpc) is 2.71. The summed E-state index contributed by atoms with van der Waals surface area (Å²) in [6, 6.07) is 5.51. The number of fused-ring (bicyclic) bond motifs is 2. The van der Waals surface area contributed by atoms with Crippen molar-refractivity contribution >= 4 is 16.9 Å². The summed E-state index contributed by atoms with van der Waals surface area (Å²) in [5.41, 5.74) is 1.83. The third-order valence-corrected chi connectivity index (χ3v) is 2.62. The first-order valence-electron chi connectivity index (χ1n) is 4.83. The van der Waals surface area contributed by atoms with E-state index in [1.807, 2.05) is 18.2 Å². The quantitative estimate of drug-likeness (QED) is 0.794. The second-order valence-corrected chi connectivity index (χ2v) is 3.66. The summed E-state index contributed by atoms with van der Waals surface area (Å²) >= 11 is 0. The molecule has 2 heterocycles. The molecule has 0 saturated carbocycles. The molecule has 0 fully saturated rings. The summed E-state index contributed by atoms with van der Waals surface area (Å²) in [5, 5.41) is 9.82. The van der Waals surface area contributed by atoms with Crippen LogP contribution in [0.4, 0.5) is 0 Å². The molecule has 0 bridgehead atoms. The van der Waals surface area contributed by atoms with E-state index in [9.17, 15) is 4.79 Å². The Labute approximate surface area is 90.7 Å². The topological polar surface area (TPSA) is 59.7 Å². The van der Waals surface area contributed by atoms with E-state index in [-0.39, 0.29) is 5.57 Å². The van der Waals surface area contributed by atoms with Crippen molar-refractivity contribution in [2.24, 2.45) is 0 Å². The SMILES string of the molecule is O=C(O)C1=COc2cc3ccoc3cc2C1. The van der Waals surface area contributed by atoms with E-state index in [1.54, 1.807) is 6.26 Å². The van der Waals surface area contributed by atoms with Gasteiger partial charge in [0, 0.05) is 17.4 Å². The number of aliphatic carboxylic acids is 1. The van der Waals surface area contributed by atoms with Gasteiger partial charge in [0.1, 0.15) is 17.6 Å². The van der Waals surface area contributed by atoms with Crippen LogP contribution in [0.1, 0.15) is 5.56 Å². The third kappa shape index (κ3) is 1.27. The predicted octanol–water partition coefficient (Wildman–Crippen LogP) is 2.34. The molecule has 1 aromatic heterocycles. The molecule has 0 atom stereocenters. The van der Waals surface area contributed by atoms with Crippen molar-refractivity contribution in [2.75, 3.05) is 0 Å². The van der Waals surface area contributed by atoms with Crippen LogP contribution in [0, 0.1) is 0 Å². The lowest BCUT2D eigenvalue weighted by atomic mass is 10.0. The van der Waals surface area contributed by atoms with Crippen LogP contribution in [0.3, 0.4) is 0 Å². The molecule has 1 aliphatic heterocycles. The third-order valence-electron chi connectivity index (χ3n) is 2.62. The van der Waals surface area contributed by atoms with E-state index in [4.69, 9.17) is 14.3 Å². The van der Waals surface area contributed by atoms with Gasteiger partial charge in [-0.05, 0) is 18.2 Å². The zero-order valence-electron chi connectivity index (χ0n) is 8.27. The van der Waals surface area contributed by atoms with Crippen molar-refractivity contribution in [3.63, 3.8) is 0 Å². The zero-order chi connectivity index (χ0) is 11.1. The number of benzene rings is 1. The normalized spacial score (nSPS) is 14.1. The van der Waals surface area contributed by atoms with Gasteiger partial charge in [-0.2, -0.15) is 0 Å². The van der Waals surface area contributed by atoms with Crippen molar-refractivity contribution in [1.82, 2.24) is 0 Å². The molecule has 2 aromatic rings. The Morgan fingerprint density at radius 3 is 3.06 bits per heavy atom. The van der Waals surface area contributed by atoms with Crippen molar-refractivity contribution in [1.29, 1.82) is 0 Å². The Morgan fingerprint density at radius 1 is 1.38 bits per heavy atom. The van der Waals surface area contributed by atoms with Gasteiger partial charge in [-0.3, -0.25) is 0 Å². The zero-order valence-corrected chi connectivity index (χ0v) is 8.27. The van der Waals surface area contributed by atoms with Crippen LogP contribution < -0.4 is 4.74 Å². The van der Waals surface area contributed by atoms with Gasteiger partial charge in [0.05, 0.1) is 11.8 Å². The predicted molar refractivity (Wildman–Crippen MR) is 56.3 cm³/mol. The molecular formula is C12H8O4. The molecule has 0 aliphatic carbocycles. The van der Waals surface area contributed by atoms with Gasteiger partial charge in [0.2, 0.25) is 0 Å². The molecule has 1 N–H and O–H groups in total. The maximum absolute atomic E-state index is 10.8. The molecule has 3 rings (SSSR count). The van der Waals surface area contributed by atoms with Crippen molar-refractivity contribution in [2.45, 2.75) is 6.42 Å². The van der Waals surface area contributed by atoms with E-state index < -0.39 is 5.97 Å². The fraction of sp³-hybridized carbons (Fsp3) is 0.0833. The Hall–Kier alpha value is -2.23. The Morgan fingerprint density at radius 2 is 2.25 bits per heavy atom. The van der Waals surface area contributed by atoms with Gasteiger partial charge < -0.3 is 14.3 Å². The number of ether oxygens (including phenoxy) is 1. The second-order valence-electron chi connectivity index (χ2n) is 3.66. The summed E-state index contributed by atoms with van der Waals surface area (Å²) in [6.45, 7) is 0. The lowest BCUT2D eigenvalue weighted by molar-refractivity contribution is -0.132. The van der Waals surface area contributed by atoms with Crippen LogP contribution in [0.15, 0.2) is 40.7 Å². The Kier molecular flexibility index (Phi) is 1.77. The molecular weight excluding hydrogens is 208 g/mol. The molecule has 0 radical (unpaired) electrons. The van der Waals surface area contributed by atoms with Gasteiger partial charge in [-0.1, -0.05) is 0 Å². The van der Waals surface area contributed by atoms with Gasteiger partial charge >= 0.3 is 5.97 Å². The average molecular weight is 216 g/mol. The molecule has 4 heteroatoms. The number of furan rings is 1. The van der Waals surface area contributed by atoms with Gasteiger partial charge in [0.15, 0.2) is 0 Å². The highest BCUT2D eigenvalue weighted by molar-refractivity contribution is 5.88. The number of carbonyl (C=O) groups is 1. The summed E-state index contributed by atoms with van der Waals surface area (Å²) < 4.78 is 10.5. The molecule has 1 aromatic carbocycles. The maximum atomic E-state index is 10.8. The van der Waals surface area contributed by atoms with Crippen molar-refractivity contribution in [3.8, 4) is 5.75 Å². The molecule has 1 aliphatic rings. The summed E-state index contributed by atoms with van der Waals surface area (Å²) in [5.74, 6) is -0.260. The van der Waals surface area contributed by atoms with Gasteiger partial charge in [-0.25, -0.2) is 4.79 Å². The fourth-order valence-corrected chi connectivity index (χ4v) is 1.79. The lowest BCUT2D eigenvalue weighted by Gasteiger charge is -2.14. The number of hydrogen-bond acceptors (Lipinski definition) is 3. The van der Waals surface area contributed by atoms with Crippen LogP contribution in [0.5, 0.6) is 5.75 Å². The minimum absolute atomic E-state index is 0.249. The number of carboxylic acids is 1. The minimum atomic E-state index is -0.954. The molecule has 80 valence electrons. The number of rotatable bonds is 1. The van der Waals surface area contributed by atoms with E-state index in [0.29, 0.717) is 12.2 Å². The highest BCUT2D eigenvalue weighted by Gasteiger charge is 2.18. The van der Waals surface area contributed by atoms with Crippen LogP contribution >= 0.6 is 0 Å². The monoisotopic (exact) mass is 216 g/mol. The van der Waals surface area contributed by atoms with Crippen molar-refractivity contribution < 1.29 is 19.1 Å². The molecule has 0 spiro atoms. The Balaban J connectivity index is 2.10. The summed E-state index contributed by atoms with van der Waals surface area (Å²) in [6.07, 6.45) is 3.25. The summed E-state index contributed by atoms with van der Waals surface area (Å²) in [4.78, 5) is 10.8. The molecule has 0 saturated heterocycles. The first kappa shape index (κ1) is 9.03. The lowest BCUT2D eigenvalue weighted by Crippen LogP contribution is -2.10. The highest BCUT2D eigenvalue weighted by Crippen LogP contribution is 2.31. The standard InChI is InChI=1S/C12H8O4/c13-12(14)9-3-8-5-10-7(1-2-15-10)4-11(8)16-6-9/h1-2,4-6H,3H2,(H,13,14). The first-order valence-corrected chi connectivity index (χ1v) is 4.83. The Bertz CT molecular complexity index is 607. The van der Waals surface area contributed by atoms with E-state index in [1.165, 1.54) is 6.26 Å². The second kappa shape index (κ2) is 3.13. The van der Waals surface area contributed by atoms with E-state index >= 15 is 0 Å². The van der Waals surface area contributed by atoms with Crippen LogP contribution in [-0.4, -0.2) is 11.1 Å². The largest absolute Gasteiger partial charge is 0.478 e. The molecule has 0 amide bonds. The first-order chi connectivity index (χ1) is 7.74. The minimum Gasteiger partial charge on any atom is -0.478 e. The van der Waals surface area contributed by atoms with Crippen LogP contribution in [0.2, 0.25) is 0 Å². The van der Waals surface area contributed by atoms with Crippen molar-refractivity contribution in [3.05, 3.63) is 41.9 Å². The number of carboxylic acid groups (broad SMARTS) is 1. The van der Waals surface area contributed by atoms with Crippen LogP contribution in [0.25, 0.3) is 11.0 Å². The summed E-state index contributed by atoms with van der Waals surface area (Å²) in [7, 11) is 0. The fourth-order valence-electron chi connectivity index (χ4n) is 1.79. The number of hydrogen-bond donors (Lipinski definition) is 1. The van der Waals surface area contributed by atoms with Gasteiger partial charge in [0.25, 0.3) is 0 Å². The molecule has 16 heavy (non-hydrogen) atoms. The highest BCUT2D eigenvalue weighted by atomic mass is 16.5. The smallest absolute Gasteiger partial charge is 0.335 e. The maximum Gasteiger partial charge on any atom is 0.335 e. The molecule has 0 unspecified atom stereocenters. The van der Waals surface area contributed by atoms with Crippen LogP contribution in [-0.2, 0) is 11.2 Å². The van der Waals surface area contributed by atoms with E-state index in [2.05, 4.69) is 0 Å². The molecule has 4 nitrogen and oxygen atoms in total.